The summed E-state index contributed by atoms with van der Waals surface area (Å²) in [7, 11) is 0. The highest BCUT2D eigenvalue weighted by molar-refractivity contribution is 6.32. The van der Waals surface area contributed by atoms with E-state index in [2.05, 4.69) is 30.9 Å². The molecule has 20 heavy (non-hydrogen) atoms. The van der Waals surface area contributed by atoms with Crippen molar-refractivity contribution in [2.75, 3.05) is 0 Å². The lowest BCUT2D eigenvalue weighted by Crippen LogP contribution is -2.15. The van der Waals surface area contributed by atoms with Crippen molar-refractivity contribution < 1.29 is 8.78 Å². The van der Waals surface area contributed by atoms with E-state index in [4.69, 9.17) is 11.6 Å². The van der Waals surface area contributed by atoms with E-state index in [0.717, 1.165) is 12.1 Å². The molecule has 0 N–H and O–H groups in total. The Hall–Kier alpha value is -1.49. The molecule has 3 nitrogen and oxygen atoms in total. The first kappa shape index (κ1) is 14.9. The molecule has 2 aromatic heterocycles. The summed E-state index contributed by atoms with van der Waals surface area (Å²) in [4.78, 5) is 3.71. The van der Waals surface area contributed by atoms with Crippen molar-refractivity contribution in [3.05, 3.63) is 35.4 Å². The fourth-order valence-corrected chi connectivity index (χ4v) is 2.13. The minimum atomic E-state index is -2.62. The smallest absolute Gasteiger partial charge is 0.272 e. The maximum Gasteiger partial charge on any atom is 0.280 e. The zero-order valence-corrected chi connectivity index (χ0v) is 12.3. The van der Waals surface area contributed by atoms with Gasteiger partial charge in [-0.2, -0.15) is 5.10 Å². The van der Waals surface area contributed by atoms with Crippen molar-refractivity contribution in [3.8, 4) is 11.1 Å². The summed E-state index contributed by atoms with van der Waals surface area (Å²) >= 11 is 5.97. The van der Waals surface area contributed by atoms with Gasteiger partial charge < -0.3 is 0 Å². The molecule has 0 bridgehead atoms. The summed E-state index contributed by atoms with van der Waals surface area (Å²) in [6.07, 6.45) is 0.887. The Labute approximate surface area is 121 Å². The molecule has 0 radical (unpaired) electrons. The zero-order valence-electron chi connectivity index (χ0n) is 11.6. The highest BCUT2D eigenvalue weighted by Gasteiger charge is 2.15. The second-order valence-corrected chi connectivity index (χ2v) is 6.22. The van der Waals surface area contributed by atoms with E-state index < -0.39 is 6.43 Å². The van der Waals surface area contributed by atoms with E-state index >= 15 is 0 Å². The van der Waals surface area contributed by atoms with Gasteiger partial charge >= 0.3 is 0 Å². The fourth-order valence-electron chi connectivity index (χ4n) is 1.86. The molecule has 0 fully saturated rings. The quantitative estimate of drug-likeness (QED) is 0.777. The van der Waals surface area contributed by atoms with E-state index in [9.17, 15) is 8.78 Å². The van der Waals surface area contributed by atoms with Crippen molar-refractivity contribution in [3.63, 3.8) is 0 Å². The maximum atomic E-state index is 12.5. The lowest BCUT2D eigenvalue weighted by molar-refractivity contribution is 0.146. The number of halogens is 3. The highest BCUT2D eigenvalue weighted by atomic mass is 35.5. The van der Waals surface area contributed by atoms with Gasteiger partial charge in [-0.25, -0.2) is 13.8 Å². The van der Waals surface area contributed by atoms with Gasteiger partial charge in [0.25, 0.3) is 6.43 Å². The largest absolute Gasteiger partial charge is 0.280 e. The summed E-state index contributed by atoms with van der Waals surface area (Å²) < 4.78 is 26.9. The minimum absolute atomic E-state index is 0.0677. The summed E-state index contributed by atoms with van der Waals surface area (Å²) in [6.45, 7) is 7.09. The molecular weight excluding hydrogens is 284 g/mol. The molecular formula is C14H16ClF2N3. The van der Waals surface area contributed by atoms with Gasteiger partial charge in [0, 0.05) is 23.9 Å². The van der Waals surface area contributed by atoms with E-state index in [1.807, 2.05) is 10.9 Å². The van der Waals surface area contributed by atoms with Crippen LogP contribution < -0.4 is 0 Å². The molecule has 0 aliphatic heterocycles. The van der Waals surface area contributed by atoms with Gasteiger partial charge in [-0.05, 0) is 17.5 Å². The number of hydrogen-bond donors (Lipinski definition) is 0. The molecule has 0 unspecified atom stereocenters. The van der Waals surface area contributed by atoms with Crippen molar-refractivity contribution in [2.24, 2.45) is 5.41 Å². The number of nitrogens with zero attached hydrogens (tertiary/aromatic N) is 3. The zero-order chi connectivity index (χ0) is 14.9. The highest BCUT2D eigenvalue weighted by Crippen LogP contribution is 2.29. The first-order valence-corrected chi connectivity index (χ1v) is 6.61. The Bertz CT molecular complexity index is 603. The van der Waals surface area contributed by atoms with Crippen LogP contribution in [0.3, 0.4) is 0 Å². The number of pyridine rings is 1. The average Bonchev–Trinajstić information content (AvgIpc) is 2.74. The van der Waals surface area contributed by atoms with Crippen molar-refractivity contribution in [1.82, 2.24) is 14.8 Å². The summed E-state index contributed by atoms with van der Waals surface area (Å²) in [5.74, 6) is 0. The Kier molecular flexibility index (Phi) is 4.09. The van der Waals surface area contributed by atoms with E-state index in [0.29, 0.717) is 5.56 Å². The van der Waals surface area contributed by atoms with Gasteiger partial charge in [0.1, 0.15) is 10.8 Å². The second kappa shape index (κ2) is 5.48. The average molecular weight is 300 g/mol. The fraction of sp³-hybridized carbons (Fsp3) is 0.429. The second-order valence-electron chi connectivity index (χ2n) is 5.86. The van der Waals surface area contributed by atoms with Crippen LogP contribution in [0.2, 0.25) is 5.15 Å². The minimum Gasteiger partial charge on any atom is -0.272 e. The Morgan fingerprint density at radius 1 is 1.30 bits per heavy atom. The molecule has 0 spiro atoms. The van der Waals surface area contributed by atoms with E-state index in [1.165, 1.54) is 6.07 Å². The third-order valence-corrected chi connectivity index (χ3v) is 2.96. The number of aromatic nitrogens is 3. The summed E-state index contributed by atoms with van der Waals surface area (Å²) in [5, 5.41) is 4.33. The van der Waals surface area contributed by atoms with Crippen molar-refractivity contribution in [1.29, 1.82) is 0 Å². The van der Waals surface area contributed by atoms with Crippen LogP contribution >= 0.6 is 11.6 Å². The Balaban J connectivity index is 2.28. The van der Waals surface area contributed by atoms with Gasteiger partial charge in [0.15, 0.2) is 0 Å². The monoisotopic (exact) mass is 299 g/mol. The van der Waals surface area contributed by atoms with Gasteiger partial charge in [-0.15, -0.1) is 0 Å². The van der Waals surface area contributed by atoms with Crippen LogP contribution in [-0.2, 0) is 6.54 Å². The predicted octanol–water partition coefficient (Wildman–Crippen LogP) is 4.58. The molecule has 0 saturated heterocycles. The molecule has 6 heteroatoms. The van der Waals surface area contributed by atoms with Crippen LogP contribution in [0.15, 0.2) is 24.5 Å². The van der Waals surface area contributed by atoms with Crippen molar-refractivity contribution >= 4 is 11.6 Å². The molecule has 0 saturated carbocycles. The molecule has 0 atom stereocenters. The summed E-state index contributed by atoms with van der Waals surface area (Å²) in [5.41, 5.74) is 1.16. The predicted molar refractivity (Wildman–Crippen MR) is 74.9 cm³/mol. The molecule has 0 amide bonds. The molecule has 2 rings (SSSR count). The molecule has 0 aliphatic rings. The van der Waals surface area contributed by atoms with Crippen LogP contribution in [0.1, 0.15) is 32.9 Å². The molecule has 2 aromatic rings. The maximum absolute atomic E-state index is 12.5. The van der Waals surface area contributed by atoms with Gasteiger partial charge in [-0.3, -0.25) is 4.68 Å². The third kappa shape index (κ3) is 3.54. The first-order valence-electron chi connectivity index (χ1n) is 6.24. The van der Waals surface area contributed by atoms with Gasteiger partial charge in [0.2, 0.25) is 0 Å². The molecule has 2 heterocycles. The molecule has 0 aromatic carbocycles. The van der Waals surface area contributed by atoms with E-state index in [-0.39, 0.29) is 16.3 Å². The standard InChI is InChI=1S/C14H16ClF2N3/c1-14(2,3)8-20-7-9(6-18-20)10-4-5-11(13(16)17)19-12(10)15/h4-7,13H,8H2,1-3H3. The van der Waals surface area contributed by atoms with Gasteiger partial charge in [0.05, 0.1) is 6.20 Å². The van der Waals surface area contributed by atoms with Crippen LogP contribution in [-0.4, -0.2) is 14.8 Å². The number of hydrogen-bond acceptors (Lipinski definition) is 2. The van der Waals surface area contributed by atoms with Crippen molar-refractivity contribution in [2.45, 2.75) is 33.7 Å². The SMILES string of the molecule is CC(C)(C)Cn1cc(-c2ccc(C(F)F)nc2Cl)cn1. The summed E-state index contributed by atoms with van der Waals surface area (Å²) in [6, 6.07) is 2.84. The number of alkyl halides is 2. The number of rotatable bonds is 3. The Morgan fingerprint density at radius 3 is 2.55 bits per heavy atom. The normalized spacial score (nSPS) is 12.2. The first-order chi connectivity index (χ1) is 9.26. The molecule has 108 valence electrons. The van der Waals surface area contributed by atoms with Crippen LogP contribution in [0.4, 0.5) is 8.78 Å². The topological polar surface area (TPSA) is 30.7 Å². The van der Waals surface area contributed by atoms with Crippen LogP contribution in [0.5, 0.6) is 0 Å². The van der Waals surface area contributed by atoms with E-state index in [1.54, 1.807) is 12.3 Å². The molecule has 0 aliphatic carbocycles. The lowest BCUT2D eigenvalue weighted by Gasteiger charge is -2.17. The van der Waals surface area contributed by atoms with Crippen LogP contribution in [0, 0.1) is 5.41 Å². The Morgan fingerprint density at radius 2 is 2.00 bits per heavy atom. The van der Waals surface area contributed by atoms with Crippen LogP contribution in [0.25, 0.3) is 11.1 Å². The van der Waals surface area contributed by atoms with Gasteiger partial charge in [-0.1, -0.05) is 32.4 Å². The lowest BCUT2D eigenvalue weighted by atomic mass is 9.97. The third-order valence-electron chi connectivity index (χ3n) is 2.67.